The molecule has 0 aliphatic carbocycles. The van der Waals surface area contributed by atoms with E-state index in [0.29, 0.717) is 6.42 Å². The van der Waals surface area contributed by atoms with Crippen molar-refractivity contribution in [2.24, 2.45) is 5.92 Å². The Bertz CT molecular complexity index is 381. The molecule has 0 saturated carbocycles. The molecule has 0 saturated heterocycles. The van der Waals surface area contributed by atoms with Crippen molar-refractivity contribution in [1.82, 2.24) is 0 Å². The van der Waals surface area contributed by atoms with E-state index in [1.54, 1.807) is 0 Å². The standard InChI is InChI=1S/C24H46O4/c1-4-6-8-14-18-22(17-7-5-2)19-15-12-10-9-11-13-16-20-23(24(26)27)28-21(3)25/h22-23H,4-20H2,1-3H3,(H,26,27). The number of carboxylic acids is 1. The zero-order chi connectivity index (χ0) is 21.0. The van der Waals surface area contributed by atoms with E-state index in [-0.39, 0.29) is 0 Å². The summed E-state index contributed by atoms with van der Waals surface area (Å²) in [6.45, 7) is 5.83. The van der Waals surface area contributed by atoms with Crippen LogP contribution in [0.3, 0.4) is 0 Å². The van der Waals surface area contributed by atoms with Crippen LogP contribution in [0.2, 0.25) is 0 Å². The first-order valence-electron chi connectivity index (χ1n) is 11.9. The second-order valence-corrected chi connectivity index (χ2v) is 8.35. The summed E-state index contributed by atoms with van der Waals surface area (Å²) in [6, 6.07) is 0. The summed E-state index contributed by atoms with van der Waals surface area (Å²) in [5, 5.41) is 9.02. The molecule has 0 bridgehead atoms. The van der Waals surface area contributed by atoms with E-state index in [1.165, 1.54) is 90.4 Å². The van der Waals surface area contributed by atoms with Crippen LogP contribution in [0.25, 0.3) is 0 Å². The molecule has 4 nitrogen and oxygen atoms in total. The summed E-state index contributed by atoms with van der Waals surface area (Å²) in [6.07, 6.45) is 20.0. The molecule has 0 spiro atoms. The van der Waals surface area contributed by atoms with Gasteiger partial charge in [-0.15, -0.1) is 0 Å². The fraction of sp³-hybridized carbons (Fsp3) is 0.917. The van der Waals surface area contributed by atoms with Crippen LogP contribution in [0.5, 0.6) is 0 Å². The van der Waals surface area contributed by atoms with Crippen LogP contribution in [0.1, 0.15) is 130 Å². The second kappa shape index (κ2) is 19.3. The van der Waals surface area contributed by atoms with Crippen LogP contribution in [0.4, 0.5) is 0 Å². The van der Waals surface area contributed by atoms with Gasteiger partial charge in [-0.1, -0.05) is 110 Å². The highest BCUT2D eigenvalue weighted by Gasteiger charge is 2.19. The summed E-state index contributed by atoms with van der Waals surface area (Å²) in [4.78, 5) is 21.9. The Balaban J connectivity index is 3.70. The van der Waals surface area contributed by atoms with E-state index < -0.39 is 18.0 Å². The van der Waals surface area contributed by atoms with Gasteiger partial charge in [0, 0.05) is 6.92 Å². The van der Waals surface area contributed by atoms with Crippen LogP contribution < -0.4 is 0 Å². The third-order valence-electron chi connectivity index (χ3n) is 5.59. The van der Waals surface area contributed by atoms with E-state index in [0.717, 1.165) is 25.2 Å². The SMILES string of the molecule is CCCCCCC(CCCC)CCCCCCCCCC(OC(C)=O)C(=O)O. The molecule has 166 valence electrons. The molecule has 0 aliphatic rings. The first-order valence-corrected chi connectivity index (χ1v) is 11.9. The monoisotopic (exact) mass is 398 g/mol. The number of hydrogen-bond acceptors (Lipinski definition) is 3. The molecule has 1 N–H and O–H groups in total. The Morgan fingerprint density at radius 1 is 0.679 bits per heavy atom. The van der Waals surface area contributed by atoms with E-state index in [4.69, 9.17) is 9.84 Å². The molecule has 0 aliphatic heterocycles. The molecule has 2 unspecified atom stereocenters. The van der Waals surface area contributed by atoms with E-state index in [2.05, 4.69) is 13.8 Å². The Hall–Kier alpha value is -1.06. The topological polar surface area (TPSA) is 63.6 Å². The van der Waals surface area contributed by atoms with Crippen LogP contribution in [-0.4, -0.2) is 23.1 Å². The second-order valence-electron chi connectivity index (χ2n) is 8.35. The first-order chi connectivity index (χ1) is 13.5. The Labute approximate surface area is 173 Å². The number of carboxylic acid groups (broad SMARTS) is 1. The van der Waals surface area contributed by atoms with Crippen molar-refractivity contribution >= 4 is 11.9 Å². The number of ether oxygens (including phenoxy) is 1. The molecule has 2 atom stereocenters. The summed E-state index contributed by atoms with van der Waals surface area (Å²) in [5.74, 6) is -0.622. The van der Waals surface area contributed by atoms with Gasteiger partial charge in [-0.3, -0.25) is 4.79 Å². The zero-order valence-corrected chi connectivity index (χ0v) is 18.8. The molecule has 0 aromatic heterocycles. The van der Waals surface area contributed by atoms with Crippen molar-refractivity contribution in [3.63, 3.8) is 0 Å². The maximum Gasteiger partial charge on any atom is 0.345 e. The minimum Gasteiger partial charge on any atom is -0.479 e. The number of aliphatic carboxylic acids is 1. The highest BCUT2D eigenvalue weighted by Crippen LogP contribution is 2.23. The Morgan fingerprint density at radius 3 is 1.57 bits per heavy atom. The van der Waals surface area contributed by atoms with Gasteiger partial charge >= 0.3 is 11.9 Å². The van der Waals surface area contributed by atoms with E-state index >= 15 is 0 Å². The number of unbranched alkanes of at least 4 members (excludes halogenated alkanes) is 10. The average Bonchev–Trinajstić information content (AvgIpc) is 2.65. The first kappa shape index (κ1) is 26.9. The molecule has 0 fully saturated rings. The quantitative estimate of drug-likeness (QED) is 0.173. The lowest BCUT2D eigenvalue weighted by molar-refractivity contribution is -0.163. The van der Waals surface area contributed by atoms with Gasteiger partial charge in [-0.25, -0.2) is 4.79 Å². The van der Waals surface area contributed by atoms with Gasteiger partial charge in [0.25, 0.3) is 0 Å². The van der Waals surface area contributed by atoms with Crippen LogP contribution in [0, 0.1) is 5.92 Å². The van der Waals surface area contributed by atoms with Crippen molar-refractivity contribution in [2.75, 3.05) is 0 Å². The van der Waals surface area contributed by atoms with Gasteiger partial charge in [0.15, 0.2) is 6.10 Å². The number of esters is 1. The van der Waals surface area contributed by atoms with Gasteiger partial charge in [-0.05, 0) is 18.8 Å². The summed E-state index contributed by atoms with van der Waals surface area (Å²) >= 11 is 0. The molecule has 0 aromatic rings. The summed E-state index contributed by atoms with van der Waals surface area (Å²) in [5.41, 5.74) is 0. The van der Waals surface area contributed by atoms with Gasteiger partial charge in [-0.2, -0.15) is 0 Å². The number of hydrogen-bond donors (Lipinski definition) is 1. The highest BCUT2D eigenvalue weighted by atomic mass is 16.6. The molecule has 0 rings (SSSR count). The van der Waals surface area contributed by atoms with E-state index in [1.807, 2.05) is 0 Å². The van der Waals surface area contributed by atoms with Gasteiger partial charge in [0.2, 0.25) is 0 Å². The third-order valence-corrected chi connectivity index (χ3v) is 5.59. The van der Waals surface area contributed by atoms with Gasteiger partial charge in [0.1, 0.15) is 0 Å². The third kappa shape index (κ3) is 17.1. The predicted molar refractivity (Wildman–Crippen MR) is 117 cm³/mol. The molecular formula is C24H46O4. The summed E-state index contributed by atoms with van der Waals surface area (Å²) < 4.78 is 4.82. The van der Waals surface area contributed by atoms with Gasteiger partial charge < -0.3 is 9.84 Å². The fourth-order valence-electron chi connectivity index (χ4n) is 3.87. The number of carbonyl (C=O) groups excluding carboxylic acids is 1. The normalized spacial score (nSPS) is 13.2. The highest BCUT2D eigenvalue weighted by molar-refractivity contribution is 5.76. The molecule has 28 heavy (non-hydrogen) atoms. The molecule has 0 radical (unpaired) electrons. The van der Waals surface area contributed by atoms with Crippen molar-refractivity contribution in [3.05, 3.63) is 0 Å². The Morgan fingerprint density at radius 2 is 1.11 bits per heavy atom. The lowest BCUT2D eigenvalue weighted by Gasteiger charge is -2.16. The smallest absolute Gasteiger partial charge is 0.345 e. The molecule has 0 amide bonds. The van der Waals surface area contributed by atoms with Crippen LogP contribution in [-0.2, 0) is 14.3 Å². The number of rotatable bonds is 20. The zero-order valence-electron chi connectivity index (χ0n) is 18.8. The van der Waals surface area contributed by atoms with Crippen molar-refractivity contribution in [1.29, 1.82) is 0 Å². The average molecular weight is 399 g/mol. The largest absolute Gasteiger partial charge is 0.479 e. The predicted octanol–water partition coefficient (Wildman–Crippen LogP) is 7.29. The minimum absolute atomic E-state index is 0.423. The molecular weight excluding hydrogens is 352 g/mol. The summed E-state index contributed by atoms with van der Waals surface area (Å²) in [7, 11) is 0. The van der Waals surface area contributed by atoms with Crippen molar-refractivity contribution in [2.45, 2.75) is 136 Å². The fourth-order valence-corrected chi connectivity index (χ4v) is 3.87. The van der Waals surface area contributed by atoms with Crippen molar-refractivity contribution in [3.8, 4) is 0 Å². The molecule has 0 heterocycles. The maximum atomic E-state index is 11.0. The molecule has 0 aromatic carbocycles. The maximum absolute atomic E-state index is 11.0. The number of carbonyl (C=O) groups is 2. The van der Waals surface area contributed by atoms with Crippen molar-refractivity contribution < 1.29 is 19.4 Å². The van der Waals surface area contributed by atoms with Gasteiger partial charge in [0.05, 0.1) is 0 Å². The van der Waals surface area contributed by atoms with E-state index in [9.17, 15) is 9.59 Å². The Kier molecular flexibility index (Phi) is 18.5. The lowest BCUT2D eigenvalue weighted by atomic mass is 9.90. The molecule has 4 heteroatoms. The van der Waals surface area contributed by atoms with Crippen LogP contribution in [0.15, 0.2) is 0 Å². The lowest BCUT2D eigenvalue weighted by Crippen LogP contribution is -2.25. The van der Waals surface area contributed by atoms with Crippen LogP contribution >= 0.6 is 0 Å². The minimum atomic E-state index is -1.04.